The molecule has 10 nitrogen and oxygen atoms in total. The van der Waals surface area contributed by atoms with Crippen LogP contribution in [0.5, 0.6) is 0 Å². The molecule has 0 fully saturated rings. The van der Waals surface area contributed by atoms with Gasteiger partial charge in [0.25, 0.3) is 5.69 Å². The van der Waals surface area contributed by atoms with Gasteiger partial charge in [-0.25, -0.2) is 4.79 Å². The summed E-state index contributed by atoms with van der Waals surface area (Å²) in [6, 6.07) is 7.07. The molecule has 2 amide bonds. The summed E-state index contributed by atoms with van der Waals surface area (Å²) in [6.07, 6.45) is 0.604. The van der Waals surface area contributed by atoms with Crippen molar-refractivity contribution in [2.45, 2.75) is 12.8 Å². The number of anilines is 1. The van der Waals surface area contributed by atoms with Crippen molar-refractivity contribution in [2.75, 3.05) is 19.0 Å². The average molecular weight is 389 g/mol. The zero-order valence-electron chi connectivity index (χ0n) is 14.2. The van der Waals surface area contributed by atoms with E-state index in [2.05, 4.69) is 19.7 Å². The molecule has 1 aromatic carbocycles. The largest absolute Gasteiger partial charge is 0.469 e. The molecular formula is C16H15N5O5S. The van der Waals surface area contributed by atoms with E-state index in [9.17, 15) is 25.0 Å². The number of esters is 1. The summed E-state index contributed by atoms with van der Waals surface area (Å²) < 4.78 is 8.66. The third-order valence-electron chi connectivity index (χ3n) is 3.45. The first-order chi connectivity index (χ1) is 13.0. The highest BCUT2D eigenvalue weighted by Gasteiger charge is 2.18. The van der Waals surface area contributed by atoms with Gasteiger partial charge in [-0.05, 0) is 30.1 Å². The van der Waals surface area contributed by atoms with Crippen LogP contribution < -0.4 is 10.6 Å². The molecule has 0 saturated heterocycles. The minimum Gasteiger partial charge on any atom is -0.469 e. The summed E-state index contributed by atoms with van der Waals surface area (Å²) in [4.78, 5) is 33.1. The predicted octanol–water partition coefficient (Wildman–Crippen LogP) is 2.66. The molecule has 0 aliphatic rings. The van der Waals surface area contributed by atoms with Crippen molar-refractivity contribution in [1.82, 2.24) is 9.69 Å². The summed E-state index contributed by atoms with van der Waals surface area (Å²) in [7, 11) is 1.29. The third kappa shape index (κ3) is 5.23. The molecule has 0 radical (unpaired) electrons. The third-order valence-corrected chi connectivity index (χ3v) is 4.22. The van der Waals surface area contributed by atoms with E-state index >= 15 is 0 Å². The number of hydrogen-bond acceptors (Lipinski definition) is 8. The number of methoxy groups -OCH3 is 1. The van der Waals surface area contributed by atoms with Crippen LogP contribution in [0.1, 0.15) is 18.4 Å². The van der Waals surface area contributed by atoms with Crippen molar-refractivity contribution in [1.29, 1.82) is 5.26 Å². The SMILES string of the molecule is COC(=O)CCCNC(=O)Nc1snc(-c2ccc([N+](=O)[O-])cc2)c1C#N. The Balaban J connectivity index is 2.03. The Labute approximate surface area is 158 Å². The number of urea groups is 1. The Kier molecular flexibility index (Phi) is 6.79. The number of hydrogen-bond donors (Lipinski definition) is 2. The van der Waals surface area contributed by atoms with Gasteiger partial charge in [0.05, 0.1) is 12.0 Å². The maximum Gasteiger partial charge on any atom is 0.319 e. The van der Waals surface area contributed by atoms with Crippen molar-refractivity contribution in [3.8, 4) is 17.3 Å². The number of carbonyl (C=O) groups excluding carboxylic acids is 2. The lowest BCUT2D eigenvalue weighted by atomic mass is 10.1. The van der Waals surface area contributed by atoms with E-state index in [1.807, 2.05) is 6.07 Å². The fourth-order valence-electron chi connectivity index (χ4n) is 2.10. The molecular weight excluding hydrogens is 374 g/mol. The van der Waals surface area contributed by atoms with E-state index < -0.39 is 11.0 Å². The van der Waals surface area contributed by atoms with Gasteiger partial charge in [-0.1, -0.05) is 0 Å². The molecule has 2 rings (SSSR count). The molecule has 0 aliphatic carbocycles. The Bertz CT molecular complexity index is 888. The zero-order chi connectivity index (χ0) is 19.8. The highest BCUT2D eigenvalue weighted by atomic mass is 32.1. The van der Waals surface area contributed by atoms with Crippen LogP contribution >= 0.6 is 11.5 Å². The molecule has 11 heteroatoms. The van der Waals surface area contributed by atoms with Gasteiger partial charge < -0.3 is 10.1 Å². The predicted molar refractivity (Wildman–Crippen MR) is 97.2 cm³/mol. The van der Waals surface area contributed by atoms with Gasteiger partial charge in [0.1, 0.15) is 22.3 Å². The number of benzene rings is 1. The Hall–Kier alpha value is -3.52. The smallest absolute Gasteiger partial charge is 0.319 e. The monoisotopic (exact) mass is 389 g/mol. The second-order valence-corrected chi connectivity index (χ2v) is 5.99. The van der Waals surface area contributed by atoms with Gasteiger partial charge in [0.2, 0.25) is 0 Å². The molecule has 0 aliphatic heterocycles. The van der Waals surface area contributed by atoms with Crippen LogP contribution in [0.3, 0.4) is 0 Å². The van der Waals surface area contributed by atoms with Crippen LogP contribution in [0.2, 0.25) is 0 Å². The maximum absolute atomic E-state index is 11.9. The van der Waals surface area contributed by atoms with E-state index in [1.54, 1.807) is 0 Å². The summed E-state index contributed by atoms with van der Waals surface area (Å²) in [5.74, 6) is -0.362. The van der Waals surface area contributed by atoms with Crippen LogP contribution in [0.15, 0.2) is 24.3 Å². The standard InChI is InChI=1S/C16H15N5O5S/c1-26-13(22)3-2-8-18-16(23)19-15-12(9-17)14(20-27-15)10-4-6-11(7-5-10)21(24)25/h4-7H,2-3,8H2,1H3,(H2,18,19,23). The van der Waals surface area contributed by atoms with Crippen LogP contribution in [0, 0.1) is 21.4 Å². The molecule has 140 valence electrons. The molecule has 0 unspecified atom stereocenters. The van der Waals surface area contributed by atoms with Gasteiger partial charge in [-0.3, -0.25) is 20.2 Å². The van der Waals surface area contributed by atoms with Gasteiger partial charge in [0.15, 0.2) is 0 Å². The number of nitrogens with zero attached hydrogens (tertiary/aromatic N) is 3. The van der Waals surface area contributed by atoms with Gasteiger partial charge in [-0.15, -0.1) is 0 Å². The number of nitro groups is 1. The van der Waals surface area contributed by atoms with Gasteiger partial charge in [-0.2, -0.15) is 9.64 Å². The lowest BCUT2D eigenvalue weighted by Gasteiger charge is -2.05. The topological polar surface area (TPSA) is 147 Å². The number of non-ortho nitro benzene ring substituents is 1. The van der Waals surface area contributed by atoms with Crippen LogP contribution in [0.25, 0.3) is 11.3 Å². The number of nitro benzene ring substituents is 1. The molecule has 1 aromatic heterocycles. The quantitative estimate of drug-likeness (QED) is 0.320. The number of nitrogens with one attached hydrogen (secondary N) is 2. The van der Waals surface area contributed by atoms with Crippen molar-refractivity contribution in [3.05, 3.63) is 39.9 Å². The van der Waals surface area contributed by atoms with Crippen LogP contribution in [0.4, 0.5) is 15.5 Å². The highest BCUT2D eigenvalue weighted by Crippen LogP contribution is 2.32. The van der Waals surface area contributed by atoms with E-state index in [0.29, 0.717) is 17.7 Å². The normalized spacial score (nSPS) is 9.93. The first-order valence-corrected chi connectivity index (χ1v) is 8.50. The summed E-state index contributed by atoms with van der Waals surface area (Å²) >= 11 is 0.930. The highest BCUT2D eigenvalue weighted by molar-refractivity contribution is 7.11. The molecule has 27 heavy (non-hydrogen) atoms. The maximum atomic E-state index is 11.9. The number of aromatic nitrogens is 1. The molecule has 0 spiro atoms. The van der Waals surface area contributed by atoms with Gasteiger partial charge >= 0.3 is 12.0 Å². The number of nitriles is 1. The van der Waals surface area contributed by atoms with E-state index in [1.165, 1.54) is 31.4 Å². The van der Waals surface area contributed by atoms with E-state index in [0.717, 1.165) is 11.5 Å². The molecule has 2 aromatic rings. The molecule has 0 saturated carbocycles. The van der Waals surface area contributed by atoms with Crippen molar-refractivity contribution in [3.63, 3.8) is 0 Å². The Morgan fingerprint density at radius 1 is 1.37 bits per heavy atom. The fourth-order valence-corrected chi connectivity index (χ4v) is 2.85. The van der Waals surface area contributed by atoms with Crippen molar-refractivity contribution >= 4 is 34.2 Å². The van der Waals surface area contributed by atoms with Crippen molar-refractivity contribution in [2.24, 2.45) is 0 Å². The lowest BCUT2D eigenvalue weighted by Crippen LogP contribution is -2.29. The molecule has 1 heterocycles. The number of ether oxygens (including phenoxy) is 1. The second-order valence-electron chi connectivity index (χ2n) is 5.21. The van der Waals surface area contributed by atoms with E-state index in [4.69, 9.17) is 0 Å². The minimum atomic E-state index is -0.532. The zero-order valence-corrected chi connectivity index (χ0v) is 15.0. The van der Waals surface area contributed by atoms with Crippen LogP contribution in [-0.4, -0.2) is 35.0 Å². The Morgan fingerprint density at radius 3 is 2.67 bits per heavy atom. The number of amides is 2. The summed E-state index contributed by atoms with van der Waals surface area (Å²) in [5.41, 5.74) is 0.953. The number of carbonyl (C=O) groups is 2. The first kappa shape index (κ1) is 19.8. The minimum absolute atomic E-state index is 0.0721. The summed E-state index contributed by atoms with van der Waals surface area (Å²) in [5, 5.41) is 25.5. The molecule has 2 N–H and O–H groups in total. The molecule has 0 bridgehead atoms. The number of rotatable bonds is 7. The fraction of sp³-hybridized carbons (Fsp3) is 0.250. The Morgan fingerprint density at radius 2 is 2.07 bits per heavy atom. The van der Waals surface area contributed by atoms with Crippen molar-refractivity contribution < 1.29 is 19.2 Å². The van der Waals surface area contributed by atoms with Crippen LogP contribution in [-0.2, 0) is 9.53 Å². The second kappa shape index (κ2) is 9.25. The first-order valence-electron chi connectivity index (χ1n) is 7.72. The van der Waals surface area contributed by atoms with Gasteiger partial charge in [0, 0.05) is 30.7 Å². The average Bonchev–Trinajstić information content (AvgIpc) is 3.07. The summed E-state index contributed by atoms with van der Waals surface area (Å²) in [6.45, 7) is 0.261. The van der Waals surface area contributed by atoms with E-state index in [-0.39, 0.29) is 35.2 Å². The lowest BCUT2D eigenvalue weighted by molar-refractivity contribution is -0.384. The molecule has 0 atom stereocenters.